The highest BCUT2D eigenvalue weighted by atomic mass is 35.5. The maximum atomic E-state index is 11.7. The molecule has 3 rings (SSSR count). The molecule has 0 aromatic carbocycles. The zero-order valence-electron chi connectivity index (χ0n) is 10.3. The van der Waals surface area contributed by atoms with E-state index in [4.69, 9.17) is 5.73 Å². The van der Waals surface area contributed by atoms with Crippen molar-refractivity contribution >= 4 is 36.7 Å². The predicted molar refractivity (Wildman–Crippen MR) is 76.8 cm³/mol. The molecule has 0 bridgehead atoms. The molecule has 0 radical (unpaired) electrons. The molecule has 1 aromatic rings. The van der Waals surface area contributed by atoms with Crippen LogP contribution in [0.3, 0.4) is 0 Å². The number of hydrogen-bond donors (Lipinski definition) is 1. The van der Waals surface area contributed by atoms with Crippen molar-refractivity contribution in [3.05, 3.63) is 18.5 Å². The minimum absolute atomic E-state index is 0. The van der Waals surface area contributed by atoms with E-state index in [1.54, 1.807) is 18.5 Å². The molecule has 106 valence electrons. The van der Waals surface area contributed by atoms with Gasteiger partial charge < -0.3 is 15.5 Å². The summed E-state index contributed by atoms with van der Waals surface area (Å²) < 4.78 is 0. The Bertz CT molecular complexity index is 432. The molecule has 0 spiro atoms. The van der Waals surface area contributed by atoms with Crippen LogP contribution in [0.25, 0.3) is 0 Å². The Labute approximate surface area is 124 Å². The van der Waals surface area contributed by atoms with Crippen molar-refractivity contribution < 1.29 is 4.79 Å². The molecule has 1 amide bonds. The SMILES string of the molecule is Cl.Cl.NC1CC2CN(c3ncccn3)CCN2C1=O. The van der Waals surface area contributed by atoms with Gasteiger partial charge in [-0.15, -0.1) is 24.8 Å². The normalized spacial score (nSPS) is 25.4. The molecule has 2 saturated heterocycles. The number of fused-ring (bicyclic) bond motifs is 1. The smallest absolute Gasteiger partial charge is 0.239 e. The standard InChI is InChI=1S/C11H15N5O.2ClH/c12-9-6-8-7-15(4-5-16(8)10(9)17)11-13-2-1-3-14-11;;/h1-3,8-9H,4-7,12H2;2*1H. The average molecular weight is 306 g/mol. The van der Waals surface area contributed by atoms with Crippen LogP contribution in [0.1, 0.15) is 6.42 Å². The second kappa shape index (κ2) is 6.36. The minimum Gasteiger partial charge on any atom is -0.337 e. The van der Waals surface area contributed by atoms with Gasteiger partial charge >= 0.3 is 0 Å². The second-order valence-electron chi connectivity index (χ2n) is 4.52. The Morgan fingerprint density at radius 3 is 2.58 bits per heavy atom. The first kappa shape index (κ1) is 15.9. The van der Waals surface area contributed by atoms with Gasteiger partial charge in [0.15, 0.2) is 0 Å². The number of hydrogen-bond acceptors (Lipinski definition) is 5. The van der Waals surface area contributed by atoms with Crippen LogP contribution in [-0.2, 0) is 4.79 Å². The first-order chi connectivity index (χ1) is 8.25. The number of carbonyl (C=O) groups is 1. The second-order valence-corrected chi connectivity index (χ2v) is 4.52. The lowest BCUT2D eigenvalue weighted by Gasteiger charge is -2.37. The summed E-state index contributed by atoms with van der Waals surface area (Å²) >= 11 is 0. The zero-order valence-corrected chi connectivity index (χ0v) is 11.9. The van der Waals surface area contributed by atoms with Gasteiger partial charge in [-0.05, 0) is 12.5 Å². The molecule has 3 heterocycles. The topological polar surface area (TPSA) is 75.3 Å². The average Bonchev–Trinajstić information content (AvgIpc) is 2.66. The molecule has 2 atom stereocenters. The molecule has 2 unspecified atom stereocenters. The van der Waals surface area contributed by atoms with Gasteiger partial charge in [-0.25, -0.2) is 9.97 Å². The van der Waals surface area contributed by atoms with E-state index < -0.39 is 0 Å². The summed E-state index contributed by atoms with van der Waals surface area (Å²) in [5.41, 5.74) is 5.78. The molecular formula is C11H17Cl2N5O. The van der Waals surface area contributed by atoms with E-state index in [1.807, 2.05) is 4.90 Å². The predicted octanol–water partition coefficient (Wildman–Crippen LogP) is 0.0684. The Balaban J connectivity index is 0.000000902. The molecule has 6 nitrogen and oxygen atoms in total. The summed E-state index contributed by atoms with van der Waals surface area (Å²) in [4.78, 5) is 24.2. The molecule has 8 heteroatoms. The fraction of sp³-hybridized carbons (Fsp3) is 0.545. The van der Waals surface area contributed by atoms with Crippen LogP contribution in [0.2, 0.25) is 0 Å². The van der Waals surface area contributed by atoms with Gasteiger partial charge in [0.05, 0.1) is 12.1 Å². The Morgan fingerprint density at radius 1 is 1.21 bits per heavy atom. The Hall–Kier alpha value is -1.11. The lowest BCUT2D eigenvalue weighted by molar-refractivity contribution is -0.130. The van der Waals surface area contributed by atoms with Crippen molar-refractivity contribution in [1.82, 2.24) is 14.9 Å². The number of carbonyl (C=O) groups excluding carboxylic acids is 1. The van der Waals surface area contributed by atoms with Crippen LogP contribution in [0.5, 0.6) is 0 Å². The van der Waals surface area contributed by atoms with Crippen molar-refractivity contribution in [1.29, 1.82) is 0 Å². The number of nitrogens with two attached hydrogens (primary N) is 1. The summed E-state index contributed by atoms with van der Waals surface area (Å²) in [5.74, 6) is 0.823. The minimum atomic E-state index is -0.323. The first-order valence-electron chi connectivity index (χ1n) is 5.84. The molecular weight excluding hydrogens is 289 g/mol. The summed E-state index contributed by atoms with van der Waals surface area (Å²) in [6, 6.07) is 1.70. The fourth-order valence-corrected chi connectivity index (χ4v) is 2.59. The number of halogens is 2. The van der Waals surface area contributed by atoms with Crippen LogP contribution in [-0.4, -0.2) is 52.5 Å². The van der Waals surface area contributed by atoms with E-state index in [2.05, 4.69) is 14.9 Å². The largest absolute Gasteiger partial charge is 0.337 e. The van der Waals surface area contributed by atoms with Gasteiger partial charge in [0.25, 0.3) is 0 Å². The third-order valence-corrected chi connectivity index (χ3v) is 3.44. The van der Waals surface area contributed by atoms with E-state index in [0.29, 0.717) is 0 Å². The van der Waals surface area contributed by atoms with Crippen LogP contribution in [0, 0.1) is 0 Å². The third kappa shape index (κ3) is 2.91. The summed E-state index contributed by atoms with van der Waals surface area (Å²) in [6.07, 6.45) is 4.21. The van der Waals surface area contributed by atoms with Gasteiger partial charge in [0.2, 0.25) is 11.9 Å². The Morgan fingerprint density at radius 2 is 1.89 bits per heavy atom. The molecule has 0 saturated carbocycles. The number of nitrogens with zero attached hydrogens (tertiary/aromatic N) is 4. The number of rotatable bonds is 1. The summed E-state index contributed by atoms with van der Waals surface area (Å²) in [7, 11) is 0. The maximum absolute atomic E-state index is 11.7. The van der Waals surface area contributed by atoms with Crippen LogP contribution < -0.4 is 10.6 Å². The number of aromatic nitrogens is 2. The van der Waals surface area contributed by atoms with Gasteiger partial charge in [-0.2, -0.15) is 0 Å². The quantitative estimate of drug-likeness (QED) is 0.794. The fourth-order valence-electron chi connectivity index (χ4n) is 2.59. The van der Waals surface area contributed by atoms with Crippen molar-refractivity contribution in [2.45, 2.75) is 18.5 Å². The monoisotopic (exact) mass is 305 g/mol. The molecule has 2 fully saturated rings. The van der Waals surface area contributed by atoms with Gasteiger partial charge in [-0.3, -0.25) is 4.79 Å². The molecule has 2 N–H and O–H groups in total. The van der Waals surface area contributed by atoms with E-state index in [9.17, 15) is 4.79 Å². The van der Waals surface area contributed by atoms with Crippen LogP contribution in [0.4, 0.5) is 5.95 Å². The van der Waals surface area contributed by atoms with E-state index in [-0.39, 0.29) is 42.8 Å². The molecule has 0 aliphatic carbocycles. The van der Waals surface area contributed by atoms with Crippen LogP contribution >= 0.6 is 24.8 Å². The Kier molecular flexibility index (Phi) is 5.34. The lowest BCUT2D eigenvalue weighted by atomic mass is 10.1. The van der Waals surface area contributed by atoms with Gasteiger partial charge in [0.1, 0.15) is 0 Å². The lowest BCUT2D eigenvalue weighted by Crippen LogP contribution is -2.52. The van der Waals surface area contributed by atoms with E-state index in [0.717, 1.165) is 32.0 Å². The van der Waals surface area contributed by atoms with Crippen LogP contribution in [0.15, 0.2) is 18.5 Å². The maximum Gasteiger partial charge on any atom is 0.239 e. The first-order valence-corrected chi connectivity index (χ1v) is 5.84. The van der Waals surface area contributed by atoms with E-state index >= 15 is 0 Å². The van der Waals surface area contributed by atoms with Crippen molar-refractivity contribution in [2.75, 3.05) is 24.5 Å². The van der Waals surface area contributed by atoms with Gasteiger partial charge in [0, 0.05) is 32.0 Å². The molecule has 19 heavy (non-hydrogen) atoms. The van der Waals surface area contributed by atoms with Gasteiger partial charge in [-0.1, -0.05) is 0 Å². The van der Waals surface area contributed by atoms with E-state index in [1.165, 1.54) is 0 Å². The summed E-state index contributed by atoms with van der Waals surface area (Å²) in [6.45, 7) is 2.28. The molecule has 2 aliphatic heterocycles. The van der Waals surface area contributed by atoms with Crippen molar-refractivity contribution in [2.24, 2.45) is 5.73 Å². The summed E-state index contributed by atoms with van der Waals surface area (Å²) in [5, 5.41) is 0. The highest BCUT2D eigenvalue weighted by Crippen LogP contribution is 2.23. The molecule has 1 aromatic heterocycles. The highest BCUT2D eigenvalue weighted by Gasteiger charge is 2.40. The molecule has 2 aliphatic rings. The number of anilines is 1. The van der Waals surface area contributed by atoms with Crippen molar-refractivity contribution in [3.8, 4) is 0 Å². The third-order valence-electron chi connectivity index (χ3n) is 3.44. The zero-order chi connectivity index (χ0) is 11.8. The highest BCUT2D eigenvalue weighted by molar-refractivity contribution is 5.85. The van der Waals surface area contributed by atoms with Crippen molar-refractivity contribution in [3.63, 3.8) is 0 Å². The number of piperazine rings is 1. The number of amides is 1.